The van der Waals surface area contributed by atoms with Gasteiger partial charge in [-0.1, -0.05) is 17.7 Å². The monoisotopic (exact) mass is 607 g/mol. The van der Waals surface area contributed by atoms with E-state index in [4.69, 9.17) is 30.9 Å². The molecule has 0 unspecified atom stereocenters. The Hall–Kier alpha value is -4.90. The van der Waals surface area contributed by atoms with Crippen LogP contribution < -0.4 is 24.8 Å². The van der Waals surface area contributed by atoms with Gasteiger partial charge in [-0.05, 0) is 61.7 Å². The molecule has 2 amide bonds. The highest BCUT2D eigenvalue weighted by Crippen LogP contribution is 2.48. The lowest BCUT2D eigenvalue weighted by molar-refractivity contribution is -0.137. The van der Waals surface area contributed by atoms with E-state index in [1.165, 1.54) is 25.4 Å². The molecule has 5 rings (SSSR count). The van der Waals surface area contributed by atoms with Gasteiger partial charge in [-0.3, -0.25) is 19.4 Å². The summed E-state index contributed by atoms with van der Waals surface area (Å²) in [7, 11) is 1.46. The van der Waals surface area contributed by atoms with Crippen molar-refractivity contribution in [3.8, 4) is 23.0 Å². The summed E-state index contributed by atoms with van der Waals surface area (Å²) in [5.74, 6) is -1.69. The zero-order valence-corrected chi connectivity index (χ0v) is 23.7. The van der Waals surface area contributed by atoms with E-state index in [9.17, 15) is 14.4 Å². The van der Waals surface area contributed by atoms with Gasteiger partial charge in [0, 0.05) is 46.5 Å². The van der Waals surface area contributed by atoms with Crippen LogP contribution in [0.5, 0.6) is 23.0 Å². The Labute approximate surface area is 250 Å². The van der Waals surface area contributed by atoms with Crippen LogP contribution in [-0.2, 0) is 14.4 Å². The molecule has 1 aliphatic rings. The summed E-state index contributed by atoms with van der Waals surface area (Å²) < 4.78 is 32.1. The number of carboxylic acids is 1. The summed E-state index contributed by atoms with van der Waals surface area (Å²) >= 11 is 5.98. The molecule has 0 atom stereocenters. The topological polar surface area (TPSA) is 136 Å². The lowest BCUT2D eigenvalue weighted by Crippen LogP contribution is -2.35. The van der Waals surface area contributed by atoms with Gasteiger partial charge in [0.1, 0.15) is 11.2 Å². The third-order valence-electron chi connectivity index (χ3n) is 6.89. The number of rotatable bonds is 12. The Morgan fingerprint density at radius 1 is 0.953 bits per heavy atom. The zero-order valence-electron chi connectivity index (χ0n) is 23.0. The number of aliphatic carboxylic acids is 1. The minimum atomic E-state index is -1.25. The number of aromatic nitrogens is 1. The van der Waals surface area contributed by atoms with Gasteiger partial charge < -0.3 is 30.0 Å². The first kappa shape index (κ1) is 29.6. The van der Waals surface area contributed by atoms with Crippen molar-refractivity contribution in [1.29, 1.82) is 0 Å². The number of nitrogens with zero attached hydrogens (tertiary/aromatic N) is 1. The van der Waals surface area contributed by atoms with Gasteiger partial charge >= 0.3 is 5.97 Å². The van der Waals surface area contributed by atoms with Gasteiger partial charge in [0.2, 0.25) is 11.8 Å². The van der Waals surface area contributed by atoms with E-state index in [1.807, 2.05) is 0 Å². The second-order valence-electron chi connectivity index (χ2n) is 9.92. The van der Waals surface area contributed by atoms with Crippen LogP contribution in [0.2, 0.25) is 5.02 Å². The number of anilines is 2. The first-order valence-electron chi connectivity index (χ1n) is 13.4. The molecule has 0 saturated heterocycles. The van der Waals surface area contributed by atoms with Gasteiger partial charge in [-0.2, -0.15) is 0 Å². The van der Waals surface area contributed by atoms with Gasteiger partial charge in [-0.25, -0.2) is 4.39 Å². The molecule has 3 aromatic carbocycles. The van der Waals surface area contributed by atoms with Crippen LogP contribution in [0.25, 0.3) is 10.9 Å². The minimum Gasteiger partial charge on any atom is -0.493 e. The molecule has 0 aliphatic heterocycles. The number of hydrogen-bond donors (Lipinski definition) is 3. The van der Waals surface area contributed by atoms with Crippen LogP contribution in [0.15, 0.2) is 66.9 Å². The molecule has 1 fully saturated rings. The van der Waals surface area contributed by atoms with Crippen LogP contribution in [0.4, 0.5) is 15.8 Å². The number of carboxylic acid groups (broad SMARTS) is 1. The molecule has 0 spiro atoms. The second kappa shape index (κ2) is 12.5. The number of hydrogen-bond acceptors (Lipinski definition) is 7. The molecule has 1 aliphatic carbocycles. The quantitative estimate of drug-likeness (QED) is 0.124. The fraction of sp³-hybridized carbons (Fsp3) is 0.226. The van der Waals surface area contributed by atoms with Crippen LogP contribution in [0, 0.1) is 11.2 Å². The van der Waals surface area contributed by atoms with Gasteiger partial charge in [0.25, 0.3) is 0 Å². The lowest BCUT2D eigenvalue weighted by Gasteiger charge is -2.16. The molecule has 43 heavy (non-hydrogen) atoms. The summed E-state index contributed by atoms with van der Waals surface area (Å²) in [5, 5.41) is 15.2. The number of amides is 2. The third kappa shape index (κ3) is 6.78. The molecule has 3 N–H and O–H groups in total. The maximum absolute atomic E-state index is 15.2. The van der Waals surface area contributed by atoms with Crippen molar-refractivity contribution in [3.05, 3.63) is 77.7 Å². The maximum atomic E-state index is 15.2. The molecular formula is C31H27ClFN3O7. The van der Waals surface area contributed by atoms with E-state index < -0.39 is 29.0 Å². The molecule has 10 nitrogen and oxygen atoms in total. The Balaban J connectivity index is 1.28. The highest BCUT2D eigenvalue weighted by Gasteiger charge is 2.56. The number of nitrogens with one attached hydrogen (secondary N) is 2. The van der Waals surface area contributed by atoms with Crippen molar-refractivity contribution >= 4 is 51.7 Å². The van der Waals surface area contributed by atoms with Crippen LogP contribution in [0.1, 0.15) is 25.7 Å². The predicted molar refractivity (Wildman–Crippen MR) is 158 cm³/mol. The van der Waals surface area contributed by atoms with Gasteiger partial charge in [0.05, 0.1) is 19.2 Å². The number of fused-ring (bicyclic) bond motifs is 1. The van der Waals surface area contributed by atoms with E-state index in [0.717, 1.165) is 6.07 Å². The first-order chi connectivity index (χ1) is 20.7. The smallest absolute Gasteiger partial charge is 0.303 e. The summed E-state index contributed by atoms with van der Waals surface area (Å²) in [6.07, 6.45) is 2.51. The first-order valence-corrected chi connectivity index (χ1v) is 13.7. The number of pyridine rings is 1. The van der Waals surface area contributed by atoms with E-state index in [-0.39, 0.29) is 24.5 Å². The highest BCUT2D eigenvalue weighted by molar-refractivity contribution is 6.31. The van der Waals surface area contributed by atoms with Gasteiger partial charge in [0.15, 0.2) is 23.1 Å². The van der Waals surface area contributed by atoms with E-state index in [0.29, 0.717) is 58.1 Å². The van der Waals surface area contributed by atoms with Crippen molar-refractivity contribution in [2.75, 3.05) is 24.4 Å². The van der Waals surface area contributed by atoms with E-state index in [1.54, 1.807) is 42.5 Å². The number of carbonyl (C=O) groups excluding carboxylic acids is 2. The number of methoxy groups -OCH3 is 1. The Kier molecular flexibility index (Phi) is 8.63. The molecule has 1 aromatic heterocycles. The van der Waals surface area contributed by atoms with E-state index >= 15 is 4.39 Å². The van der Waals surface area contributed by atoms with Crippen molar-refractivity contribution in [1.82, 2.24) is 4.98 Å². The van der Waals surface area contributed by atoms with Crippen LogP contribution in [-0.4, -0.2) is 41.6 Å². The fourth-order valence-corrected chi connectivity index (χ4v) is 4.62. The molecular weight excluding hydrogens is 581 g/mol. The van der Waals surface area contributed by atoms with Crippen molar-refractivity contribution < 1.29 is 38.1 Å². The summed E-state index contributed by atoms with van der Waals surface area (Å²) in [6.45, 7) is 0.173. The fourth-order valence-electron chi connectivity index (χ4n) is 4.43. The zero-order chi connectivity index (χ0) is 30.6. The van der Waals surface area contributed by atoms with Crippen LogP contribution >= 0.6 is 11.6 Å². The van der Waals surface area contributed by atoms with E-state index in [2.05, 4.69) is 15.6 Å². The predicted octanol–water partition coefficient (Wildman–Crippen LogP) is 6.43. The third-order valence-corrected chi connectivity index (χ3v) is 7.13. The van der Waals surface area contributed by atoms with Gasteiger partial charge in [-0.15, -0.1) is 0 Å². The largest absolute Gasteiger partial charge is 0.493 e. The molecule has 0 radical (unpaired) electrons. The van der Waals surface area contributed by atoms with Crippen molar-refractivity contribution in [2.45, 2.75) is 25.7 Å². The summed E-state index contributed by atoms with van der Waals surface area (Å²) in [4.78, 5) is 41.0. The number of carbonyl (C=O) groups is 3. The average Bonchev–Trinajstić information content (AvgIpc) is 3.79. The Morgan fingerprint density at radius 3 is 2.35 bits per heavy atom. The SMILES string of the molecule is COc1cc2c(Oc3ccc(NC(=O)C4(C(=O)Nc5cccc(Cl)c5)CC4)cc3F)ccnc2cc1OCCCC(=O)O. The molecule has 1 saturated carbocycles. The standard InChI is InChI=1S/C31H27ClFN3O7/c1-41-26-16-21-23(17-27(26)42-13-3-6-28(37)38)34-12-9-24(21)43-25-8-7-20(15-22(25)33)36-30(40)31(10-11-31)29(39)35-19-5-2-4-18(32)14-19/h2,4-5,7-9,12,14-17H,3,6,10-11,13H2,1H3,(H,35,39)(H,36,40)(H,37,38). The molecule has 222 valence electrons. The number of benzene rings is 3. The minimum absolute atomic E-state index is 0.0274. The molecule has 4 aromatic rings. The summed E-state index contributed by atoms with van der Waals surface area (Å²) in [5.41, 5.74) is -0.115. The Bertz CT molecular complexity index is 1710. The van der Waals surface area contributed by atoms with Crippen molar-refractivity contribution in [3.63, 3.8) is 0 Å². The number of halogens is 2. The lowest BCUT2D eigenvalue weighted by atomic mass is 10.0. The van der Waals surface area contributed by atoms with Crippen molar-refractivity contribution in [2.24, 2.45) is 5.41 Å². The molecule has 1 heterocycles. The van der Waals surface area contributed by atoms with Crippen LogP contribution in [0.3, 0.4) is 0 Å². The molecule has 12 heteroatoms. The second-order valence-corrected chi connectivity index (χ2v) is 10.4. The molecule has 0 bridgehead atoms. The summed E-state index contributed by atoms with van der Waals surface area (Å²) in [6, 6.07) is 15.4. The number of ether oxygens (including phenoxy) is 3. The Morgan fingerprint density at radius 2 is 1.70 bits per heavy atom. The highest BCUT2D eigenvalue weighted by atomic mass is 35.5. The maximum Gasteiger partial charge on any atom is 0.303 e. The normalized spacial score (nSPS) is 13.2. The average molecular weight is 608 g/mol.